The van der Waals surface area contributed by atoms with Gasteiger partial charge in [0.15, 0.2) is 0 Å². The molecule has 112 valence electrons. The van der Waals surface area contributed by atoms with E-state index in [1.165, 1.54) is 11.1 Å². The summed E-state index contributed by atoms with van der Waals surface area (Å²) in [5.41, 5.74) is 10.5. The number of hydrogen-bond donors (Lipinski definition) is 1. The van der Waals surface area contributed by atoms with Crippen LogP contribution in [0.1, 0.15) is 31.9 Å². The SMILES string of the molecule is CN(Cc1ccc(C(C)(C)C)cc1)c1cc(Cl)ccc1N. The van der Waals surface area contributed by atoms with Crippen molar-refractivity contribution in [2.75, 3.05) is 17.7 Å². The maximum Gasteiger partial charge on any atom is 0.0615 e. The Kier molecular flexibility index (Phi) is 4.48. The second kappa shape index (κ2) is 5.98. The fourth-order valence-electron chi connectivity index (χ4n) is 2.32. The molecule has 0 aliphatic carbocycles. The minimum atomic E-state index is 0.182. The van der Waals surface area contributed by atoms with Gasteiger partial charge < -0.3 is 10.6 Å². The molecule has 0 radical (unpaired) electrons. The van der Waals surface area contributed by atoms with Gasteiger partial charge in [-0.25, -0.2) is 0 Å². The zero-order chi connectivity index (χ0) is 15.6. The molecule has 2 N–H and O–H groups in total. The Morgan fingerprint density at radius 3 is 2.24 bits per heavy atom. The van der Waals surface area contributed by atoms with E-state index < -0.39 is 0 Å². The molecule has 2 aromatic carbocycles. The van der Waals surface area contributed by atoms with Gasteiger partial charge in [-0.2, -0.15) is 0 Å². The second-order valence-electron chi connectivity index (χ2n) is 6.51. The number of nitrogens with zero attached hydrogens (tertiary/aromatic N) is 1. The lowest BCUT2D eigenvalue weighted by molar-refractivity contribution is 0.590. The molecule has 21 heavy (non-hydrogen) atoms. The molecule has 2 nitrogen and oxygen atoms in total. The highest BCUT2D eigenvalue weighted by molar-refractivity contribution is 6.31. The first-order chi connectivity index (χ1) is 9.77. The van der Waals surface area contributed by atoms with Crippen LogP contribution in [0, 0.1) is 0 Å². The number of anilines is 2. The first-order valence-electron chi connectivity index (χ1n) is 7.13. The molecular formula is C18H23ClN2. The molecule has 0 aliphatic rings. The Morgan fingerprint density at radius 1 is 1.05 bits per heavy atom. The van der Waals surface area contributed by atoms with Gasteiger partial charge in [0, 0.05) is 18.6 Å². The third-order valence-corrected chi connectivity index (χ3v) is 3.88. The van der Waals surface area contributed by atoms with Crippen LogP contribution in [0.15, 0.2) is 42.5 Å². The van der Waals surface area contributed by atoms with Crippen molar-refractivity contribution in [2.45, 2.75) is 32.7 Å². The van der Waals surface area contributed by atoms with Gasteiger partial charge in [-0.3, -0.25) is 0 Å². The van der Waals surface area contributed by atoms with Crippen molar-refractivity contribution < 1.29 is 0 Å². The predicted molar refractivity (Wildman–Crippen MR) is 93.1 cm³/mol. The molecule has 0 aliphatic heterocycles. The second-order valence-corrected chi connectivity index (χ2v) is 6.94. The first-order valence-corrected chi connectivity index (χ1v) is 7.51. The highest BCUT2D eigenvalue weighted by Gasteiger charge is 2.13. The zero-order valence-corrected chi connectivity index (χ0v) is 13.9. The lowest BCUT2D eigenvalue weighted by atomic mass is 9.87. The number of halogens is 1. The fourth-order valence-corrected chi connectivity index (χ4v) is 2.48. The van der Waals surface area contributed by atoms with E-state index in [4.69, 9.17) is 17.3 Å². The molecule has 2 rings (SSSR count). The van der Waals surface area contributed by atoms with Crippen molar-refractivity contribution in [1.82, 2.24) is 0 Å². The Morgan fingerprint density at radius 2 is 1.67 bits per heavy atom. The topological polar surface area (TPSA) is 29.3 Å². The molecule has 0 heterocycles. The highest BCUT2D eigenvalue weighted by Crippen LogP contribution is 2.28. The normalized spacial score (nSPS) is 11.5. The largest absolute Gasteiger partial charge is 0.397 e. The van der Waals surface area contributed by atoms with Crippen LogP contribution in [0.4, 0.5) is 11.4 Å². The van der Waals surface area contributed by atoms with Crippen LogP contribution in [-0.2, 0) is 12.0 Å². The van der Waals surface area contributed by atoms with Gasteiger partial charge in [-0.05, 0) is 34.7 Å². The fraction of sp³-hybridized carbons (Fsp3) is 0.333. The van der Waals surface area contributed by atoms with Crippen LogP contribution in [0.2, 0.25) is 5.02 Å². The first kappa shape index (κ1) is 15.7. The molecule has 0 fully saturated rings. The number of nitrogens with two attached hydrogens (primary N) is 1. The molecule has 0 atom stereocenters. The quantitative estimate of drug-likeness (QED) is 0.821. The highest BCUT2D eigenvalue weighted by atomic mass is 35.5. The van der Waals surface area contributed by atoms with Crippen molar-refractivity contribution >= 4 is 23.0 Å². The summed E-state index contributed by atoms with van der Waals surface area (Å²) in [4.78, 5) is 2.12. The number of benzene rings is 2. The van der Waals surface area contributed by atoms with Gasteiger partial charge >= 0.3 is 0 Å². The van der Waals surface area contributed by atoms with E-state index in [2.05, 4.69) is 49.9 Å². The van der Waals surface area contributed by atoms with E-state index in [-0.39, 0.29) is 5.41 Å². The van der Waals surface area contributed by atoms with Crippen molar-refractivity contribution in [1.29, 1.82) is 0 Å². The van der Waals surface area contributed by atoms with Gasteiger partial charge in [-0.15, -0.1) is 0 Å². The Hall–Kier alpha value is -1.67. The van der Waals surface area contributed by atoms with Crippen LogP contribution in [0.3, 0.4) is 0 Å². The number of nitrogen functional groups attached to an aromatic ring is 1. The summed E-state index contributed by atoms with van der Waals surface area (Å²) in [5, 5.41) is 0.703. The van der Waals surface area contributed by atoms with Crippen LogP contribution < -0.4 is 10.6 Å². The molecule has 0 saturated heterocycles. The van der Waals surface area contributed by atoms with E-state index in [1.54, 1.807) is 0 Å². The lowest BCUT2D eigenvalue weighted by Crippen LogP contribution is -2.18. The van der Waals surface area contributed by atoms with Gasteiger partial charge in [-0.1, -0.05) is 56.6 Å². The minimum absolute atomic E-state index is 0.182. The number of hydrogen-bond acceptors (Lipinski definition) is 2. The van der Waals surface area contributed by atoms with E-state index >= 15 is 0 Å². The van der Waals surface area contributed by atoms with Gasteiger partial charge in [0.1, 0.15) is 0 Å². The van der Waals surface area contributed by atoms with E-state index in [0.29, 0.717) is 5.02 Å². The monoisotopic (exact) mass is 302 g/mol. The summed E-state index contributed by atoms with van der Waals surface area (Å²) >= 11 is 6.05. The van der Waals surface area contributed by atoms with Crippen LogP contribution in [0.25, 0.3) is 0 Å². The van der Waals surface area contributed by atoms with Crippen molar-refractivity contribution in [3.05, 3.63) is 58.6 Å². The summed E-state index contributed by atoms with van der Waals surface area (Å²) in [6.45, 7) is 7.47. The summed E-state index contributed by atoms with van der Waals surface area (Å²) < 4.78 is 0. The molecule has 0 spiro atoms. The Balaban J connectivity index is 2.16. The molecule has 0 aromatic heterocycles. The lowest BCUT2D eigenvalue weighted by Gasteiger charge is -2.23. The Labute approximate surface area is 132 Å². The summed E-state index contributed by atoms with van der Waals surface area (Å²) in [6.07, 6.45) is 0. The minimum Gasteiger partial charge on any atom is -0.397 e. The molecule has 0 unspecified atom stereocenters. The molecular weight excluding hydrogens is 280 g/mol. The van der Waals surface area contributed by atoms with Crippen molar-refractivity contribution in [3.8, 4) is 0 Å². The molecule has 0 saturated carbocycles. The maximum atomic E-state index is 6.05. The van der Waals surface area contributed by atoms with E-state index in [1.807, 2.05) is 25.2 Å². The third-order valence-electron chi connectivity index (χ3n) is 3.64. The van der Waals surface area contributed by atoms with Crippen LogP contribution in [-0.4, -0.2) is 7.05 Å². The Bertz CT molecular complexity index is 612. The third kappa shape index (κ3) is 3.92. The predicted octanol–water partition coefficient (Wildman–Crippen LogP) is 4.86. The molecule has 0 amide bonds. The molecule has 0 bridgehead atoms. The average Bonchev–Trinajstić information content (AvgIpc) is 2.41. The average molecular weight is 303 g/mol. The van der Waals surface area contributed by atoms with E-state index in [9.17, 15) is 0 Å². The summed E-state index contributed by atoms with van der Waals surface area (Å²) in [7, 11) is 2.03. The summed E-state index contributed by atoms with van der Waals surface area (Å²) in [5.74, 6) is 0. The maximum absolute atomic E-state index is 6.05. The van der Waals surface area contributed by atoms with Gasteiger partial charge in [0.25, 0.3) is 0 Å². The van der Waals surface area contributed by atoms with E-state index in [0.717, 1.165) is 17.9 Å². The smallest absolute Gasteiger partial charge is 0.0615 e. The summed E-state index contributed by atoms with van der Waals surface area (Å²) in [6, 6.07) is 14.3. The molecule has 2 aromatic rings. The van der Waals surface area contributed by atoms with Gasteiger partial charge in [0.2, 0.25) is 0 Å². The van der Waals surface area contributed by atoms with Crippen molar-refractivity contribution in [3.63, 3.8) is 0 Å². The van der Waals surface area contributed by atoms with Crippen molar-refractivity contribution in [2.24, 2.45) is 0 Å². The van der Waals surface area contributed by atoms with Crippen LogP contribution >= 0.6 is 11.6 Å². The van der Waals surface area contributed by atoms with Crippen LogP contribution in [0.5, 0.6) is 0 Å². The van der Waals surface area contributed by atoms with Gasteiger partial charge in [0.05, 0.1) is 11.4 Å². The zero-order valence-electron chi connectivity index (χ0n) is 13.2. The number of rotatable bonds is 3. The standard InChI is InChI=1S/C18H23ClN2/c1-18(2,3)14-7-5-13(6-8-14)12-21(4)17-11-15(19)9-10-16(17)20/h5-11H,12,20H2,1-4H3. The molecule has 3 heteroatoms.